The number of hydrogen-bond acceptors (Lipinski definition) is 5. The molecule has 1 aromatic heterocycles. The van der Waals surface area contributed by atoms with Gasteiger partial charge in [-0.2, -0.15) is 0 Å². The Balaban J connectivity index is 1.76. The molecule has 24 heavy (non-hydrogen) atoms. The van der Waals surface area contributed by atoms with Crippen LogP contribution in [0.15, 0.2) is 0 Å². The molecular weight excluding hydrogens is 328 g/mol. The number of thiophene rings is 1. The Hall–Kier alpha value is -1.44. The number of esters is 1. The van der Waals surface area contributed by atoms with Crippen LogP contribution in [-0.4, -0.2) is 51.8 Å². The summed E-state index contributed by atoms with van der Waals surface area (Å²) in [5.41, 5.74) is 1.63. The van der Waals surface area contributed by atoms with Crippen LogP contribution in [0.4, 0.5) is 5.00 Å². The predicted molar refractivity (Wildman–Crippen MR) is 91.9 cm³/mol. The van der Waals surface area contributed by atoms with E-state index in [4.69, 9.17) is 9.47 Å². The lowest BCUT2D eigenvalue weighted by atomic mass is 9.88. The first-order valence-corrected chi connectivity index (χ1v) is 9.34. The number of anilines is 1. The van der Waals surface area contributed by atoms with Gasteiger partial charge in [0.15, 0.2) is 6.54 Å². The first-order chi connectivity index (χ1) is 11.6. The van der Waals surface area contributed by atoms with Crippen molar-refractivity contribution < 1.29 is 24.0 Å². The average molecular weight is 353 g/mol. The number of ether oxygens (including phenoxy) is 2. The maximum atomic E-state index is 12.4. The molecule has 1 unspecified atom stereocenters. The molecule has 1 saturated heterocycles. The van der Waals surface area contributed by atoms with E-state index in [0.29, 0.717) is 36.2 Å². The van der Waals surface area contributed by atoms with Gasteiger partial charge in [-0.05, 0) is 30.7 Å². The standard InChI is InChI=1S/C17H24N2O4S/c1-11-3-4-12-13(9-11)24-16(15(12)17(21)22-2)18-14(20)10-19-5-7-23-8-6-19/h11H,3-10H2,1-2H3,(H,18,20)/p+1. The van der Waals surface area contributed by atoms with E-state index in [-0.39, 0.29) is 11.9 Å². The van der Waals surface area contributed by atoms with Crippen LogP contribution < -0.4 is 10.2 Å². The zero-order valence-corrected chi connectivity index (χ0v) is 15.1. The summed E-state index contributed by atoms with van der Waals surface area (Å²) in [7, 11) is 1.39. The molecule has 1 aliphatic heterocycles. The molecule has 2 heterocycles. The number of carbonyl (C=O) groups excluding carboxylic acids is 2. The molecule has 1 fully saturated rings. The third-order valence-corrected chi connectivity index (χ3v) is 5.93. The van der Waals surface area contributed by atoms with Crippen LogP contribution >= 0.6 is 11.3 Å². The molecular formula is C17H25N2O4S+. The fourth-order valence-corrected chi connectivity index (χ4v) is 4.81. The van der Waals surface area contributed by atoms with E-state index in [1.807, 2.05) is 0 Å². The van der Waals surface area contributed by atoms with Crippen LogP contribution in [0.25, 0.3) is 0 Å². The smallest absolute Gasteiger partial charge is 0.341 e. The van der Waals surface area contributed by atoms with Gasteiger partial charge in [-0.1, -0.05) is 6.92 Å². The lowest BCUT2D eigenvalue weighted by Crippen LogP contribution is -3.15. The molecule has 0 aromatic carbocycles. The van der Waals surface area contributed by atoms with Crippen molar-refractivity contribution >= 4 is 28.2 Å². The average Bonchev–Trinajstić information content (AvgIpc) is 2.91. The first-order valence-electron chi connectivity index (χ1n) is 8.52. The summed E-state index contributed by atoms with van der Waals surface area (Å²) in [6.07, 6.45) is 2.91. The van der Waals surface area contributed by atoms with Gasteiger partial charge in [-0.3, -0.25) is 4.79 Å². The van der Waals surface area contributed by atoms with Crippen LogP contribution in [0.2, 0.25) is 0 Å². The number of nitrogens with one attached hydrogen (secondary N) is 2. The highest BCUT2D eigenvalue weighted by atomic mass is 32.1. The molecule has 2 aliphatic rings. The van der Waals surface area contributed by atoms with E-state index < -0.39 is 0 Å². The lowest BCUT2D eigenvalue weighted by Gasteiger charge is -2.23. The van der Waals surface area contributed by atoms with Crippen LogP contribution in [0.5, 0.6) is 0 Å². The van der Waals surface area contributed by atoms with Crippen molar-refractivity contribution in [3.63, 3.8) is 0 Å². The van der Waals surface area contributed by atoms with Crippen LogP contribution in [-0.2, 0) is 27.1 Å². The zero-order valence-electron chi connectivity index (χ0n) is 14.3. The van der Waals surface area contributed by atoms with Gasteiger partial charge in [0.1, 0.15) is 18.1 Å². The quantitative estimate of drug-likeness (QED) is 0.774. The van der Waals surface area contributed by atoms with E-state index >= 15 is 0 Å². The second-order valence-electron chi connectivity index (χ2n) is 6.63. The minimum Gasteiger partial charge on any atom is -0.465 e. The third-order valence-electron chi connectivity index (χ3n) is 4.76. The van der Waals surface area contributed by atoms with Crippen molar-refractivity contribution in [2.75, 3.05) is 45.3 Å². The molecule has 1 amide bonds. The minimum absolute atomic E-state index is 0.0521. The van der Waals surface area contributed by atoms with E-state index in [2.05, 4.69) is 12.2 Å². The second-order valence-corrected chi connectivity index (χ2v) is 7.74. The van der Waals surface area contributed by atoms with Gasteiger partial charge in [-0.15, -0.1) is 11.3 Å². The summed E-state index contributed by atoms with van der Waals surface area (Å²) in [6.45, 7) is 5.71. The molecule has 0 bridgehead atoms. The summed E-state index contributed by atoms with van der Waals surface area (Å²) in [5.74, 6) is 0.211. The molecule has 0 radical (unpaired) electrons. The summed E-state index contributed by atoms with van der Waals surface area (Å²) < 4.78 is 10.3. The van der Waals surface area contributed by atoms with Gasteiger partial charge < -0.3 is 19.7 Å². The van der Waals surface area contributed by atoms with Gasteiger partial charge >= 0.3 is 5.97 Å². The van der Waals surface area contributed by atoms with Gasteiger partial charge in [0, 0.05) is 4.88 Å². The number of rotatable bonds is 4. The van der Waals surface area contributed by atoms with Crippen molar-refractivity contribution in [1.29, 1.82) is 0 Å². The zero-order chi connectivity index (χ0) is 17.1. The molecule has 6 nitrogen and oxygen atoms in total. The van der Waals surface area contributed by atoms with Crippen molar-refractivity contribution in [3.8, 4) is 0 Å². The van der Waals surface area contributed by atoms with Crippen molar-refractivity contribution in [3.05, 3.63) is 16.0 Å². The van der Waals surface area contributed by atoms with Crippen LogP contribution in [0, 0.1) is 5.92 Å². The molecule has 1 atom stereocenters. The minimum atomic E-state index is -0.351. The summed E-state index contributed by atoms with van der Waals surface area (Å²) in [5, 5.41) is 3.61. The van der Waals surface area contributed by atoms with E-state index in [1.165, 1.54) is 28.2 Å². The van der Waals surface area contributed by atoms with Crippen molar-refractivity contribution in [2.24, 2.45) is 5.92 Å². The fourth-order valence-electron chi connectivity index (χ4n) is 3.39. The second kappa shape index (κ2) is 7.63. The monoisotopic (exact) mass is 353 g/mol. The number of quaternary nitrogens is 1. The van der Waals surface area contributed by atoms with Crippen molar-refractivity contribution in [2.45, 2.75) is 26.2 Å². The molecule has 1 aliphatic carbocycles. The van der Waals surface area contributed by atoms with Gasteiger partial charge in [0.2, 0.25) is 0 Å². The predicted octanol–water partition coefficient (Wildman–Crippen LogP) is 0.513. The summed E-state index contributed by atoms with van der Waals surface area (Å²) in [6, 6.07) is 0. The van der Waals surface area contributed by atoms with Crippen LogP contribution in [0.3, 0.4) is 0 Å². The number of amides is 1. The normalized spacial score (nSPS) is 21.2. The number of fused-ring (bicyclic) bond motifs is 1. The number of morpholine rings is 1. The van der Waals surface area contributed by atoms with Gasteiger partial charge in [0.05, 0.1) is 25.9 Å². The number of methoxy groups -OCH3 is 1. The molecule has 7 heteroatoms. The molecule has 1 aromatic rings. The molecule has 3 rings (SSSR count). The number of hydrogen-bond donors (Lipinski definition) is 2. The van der Waals surface area contributed by atoms with E-state index in [0.717, 1.165) is 37.9 Å². The first kappa shape index (κ1) is 17.4. The molecule has 0 spiro atoms. The van der Waals surface area contributed by atoms with Gasteiger partial charge in [-0.25, -0.2) is 4.79 Å². The Morgan fingerprint density at radius 1 is 1.38 bits per heavy atom. The highest BCUT2D eigenvalue weighted by Gasteiger charge is 2.29. The maximum Gasteiger partial charge on any atom is 0.341 e. The summed E-state index contributed by atoms with van der Waals surface area (Å²) in [4.78, 5) is 27.1. The Morgan fingerprint density at radius 2 is 2.12 bits per heavy atom. The Labute approximate surface area is 146 Å². The third kappa shape index (κ3) is 3.79. The largest absolute Gasteiger partial charge is 0.465 e. The van der Waals surface area contributed by atoms with Crippen LogP contribution in [0.1, 0.15) is 34.1 Å². The maximum absolute atomic E-state index is 12.4. The Kier molecular flexibility index (Phi) is 5.53. The lowest BCUT2D eigenvalue weighted by molar-refractivity contribution is -0.899. The van der Waals surface area contributed by atoms with Crippen molar-refractivity contribution in [1.82, 2.24) is 0 Å². The molecule has 132 valence electrons. The fraction of sp³-hybridized carbons (Fsp3) is 0.647. The SMILES string of the molecule is COC(=O)c1c(NC(=O)C[NH+]2CCOCC2)sc2c1CCC(C)C2. The topological polar surface area (TPSA) is 69.1 Å². The van der Waals surface area contributed by atoms with E-state index in [1.54, 1.807) is 0 Å². The summed E-state index contributed by atoms with van der Waals surface area (Å²) >= 11 is 1.53. The molecule has 0 saturated carbocycles. The highest BCUT2D eigenvalue weighted by Crippen LogP contribution is 2.39. The number of carbonyl (C=O) groups is 2. The Morgan fingerprint density at radius 3 is 2.83 bits per heavy atom. The van der Waals surface area contributed by atoms with E-state index in [9.17, 15) is 9.59 Å². The highest BCUT2D eigenvalue weighted by molar-refractivity contribution is 7.17. The Bertz CT molecular complexity index is 622. The molecule has 2 N–H and O–H groups in total. The van der Waals surface area contributed by atoms with Gasteiger partial charge in [0.25, 0.3) is 5.91 Å².